The van der Waals surface area contributed by atoms with E-state index in [-0.39, 0.29) is 17.4 Å². The molecule has 0 saturated carbocycles. The molecule has 3 aromatic rings. The SMILES string of the molecule is O=C(c1cncc(-n2cccc2)c1)N1CCC(c2cc(=O)[nH][nH]2)C1. The van der Waals surface area contributed by atoms with Crippen LogP contribution in [-0.2, 0) is 0 Å². The van der Waals surface area contributed by atoms with Gasteiger partial charge < -0.3 is 14.6 Å². The summed E-state index contributed by atoms with van der Waals surface area (Å²) in [5.41, 5.74) is 2.15. The molecule has 4 rings (SSSR count). The maximum Gasteiger partial charge on any atom is 0.264 e. The smallest absolute Gasteiger partial charge is 0.264 e. The van der Waals surface area contributed by atoms with Gasteiger partial charge in [-0.05, 0) is 24.6 Å². The Morgan fingerprint density at radius 3 is 2.75 bits per heavy atom. The molecule has 1 fully saturated rings. The minimum absolute atomic E-state index is 0.0307. The van der Waals surface area contributed by atoms with E-state index in [0.29, 0.717) is 18.7 Å². The van der Waals surface area contributed by atoms with E-state index in [9.17, 15) is 9.59 Å². The average Bonchev–Trinajstić information content (AvgIpc) is 3.35. The molecular weight excluding hydrogens is 306 g/mol. The average molecular weight is 323 g/mol. The number of aromatic nitrogens is 4. The molecule has 0 bridgehead atoms. The van der Waals surface area contributed by atoms with E-state index in [4.69, 9.17) is 0 Å². The second-order valence-electron chi connectivity index (χ2n) is 5.97. The first-order chi connectivity index (χ1) is 11.7. The second kappa shape index (κ2) is 5.84. The molecule has 1 amide bonds. The van der Waals surface area contributed by atoms with Crippen molar-refractivity contribution in [1.29, 1.82) is 0 Å². The van der Waals surface area contributed by atoms with Gasteiger partial charge in [0.15, 0.2) is 0 Å². The van der Waals surface area contributed by atoms with E-state index < -0.39 is 0 Å². The molecule has 2 N–H and O–H groups in total. The largest absolute Gasteiger partial charge is 0.338 e. The highest BCUT2D eigenvalue weighted by Gasteiger charge is 2.29. The Balaban J connectivity index is 1.52. The summed E-state index contributed by atoms with van der Waals surface area (Å²) < 4.78 is 1.92. The molecule has 1 saturated heterocycles. The van der Waals surface area contributed by atoms with E-state index in [1.165, 1.54) is 0 Å². The van der Waals surface area contributed by atoms with Crippen LogP contribution in [0.15, 0.2) is 53.8 Å². The van der Waals surface area contributed by atoms with Crippen molar-refractivity contribution in [3.8, 4) is 5.69 Å². The molecule has 1 aliphatic heterocycles. The normalized spacial score (nSPS) is 17.3. The van der Waals surface area contributed by atoms with Gasteiger partial charge in [0.1, 0.15) is 0 Å². The van der Waals surface area contributed by atoms with Crippen LogP contribution in [0, 0.1) is 0 Å². The molecule has 24 heavy (non-hydrogen) atoms. The van der Waals surface area contributed by atoms with Gasteiger partial charge in [0, 0.05) is 49.4 Å². The molecule has 7 heteroatoms. The Kier molecular flexibility index (Phi) is 3.53. The molecule has 0 aliphatic carbocycles. The predicted molar refractivity (Wildman–Crippen MR) is 88.2 cm³/mol. The third kappa shape index (κ3) is 2.64. The number of rotatable bonds is 3. The van der Waals surface area contributed by atoms with Crippen LogP contribution in [0.5, 0.6) is 0 Å². The Labute approximate surface area is 137 Å². The minimum Gasteiger partial charge on any atom is -0.338 e. The van der Waals surface area contributed by atoms with Gasteiger partial charge in [0.2, 0.25) is 0 Å². The first kappa shape index (κ1) is 14.5. The number of nitrogens with zero attached hydrogens (tertiary/aromatic N) is 3. The molecule has 122 valence electrons. The van der Waals surface area contributed by atoms with E-state index in [1.807, 2.05) is 40.1 Å². The number of aromatic amines is 2. The number of pyridine rings is 1. The monoisotopic (exact) mass is 323 g/mol. The number of likely N-dealkylation sites (tertiary alicyclic amines) is 1. The zero-order valence-corrected chi connectivity index (χ0v) is 13.0. The van der Waals surface area contributed by atoms with Gasteiger partial charge in [-0.15, -0.1) is 0 Å². The summed E-state index contributed by atoms with van der Waals surface area (Å²) in [6.45, 7) is 1.27. The quantitative estimate of drug-likeness (QED) is 0.766. The lowest BCUT2D eigenvalue weighted by Gasteiger charge is -2.16. The fraction of sp³-hybridized carbons (Fsp3) is 0.235. The molecule has 0 spiro atoms. The summed E-state index contributed by atoms with van der Waals surface area (Å²) in [6.07, 6.45) is 8.00. The van der Waals surface area contributed by atoms with Crippen molar-refractivity contribution in [3.63, 3.8) is 0 Å². The number of carbonyl (C=O) groups is 1. The number of hydrogen-bond donors (Lipinski definition) is 2. The van der Waals surface area contributed by atoms with Gasteiger partial charge in [0.05, 0.1) is 17.4 Å². The third-order valence-electron chi connectivity index (χ3n) is 4.41. The van der Waals surface area contributed by atoms with Gasteiger partial charge in [-0.25, -0.2) is 0 Å². The Hall–Kier alpha value is -3.09. The first-order valence-corrected chi connectivity index (χ1v) is 7.86. The highest BCUT2D eigenvalue weighted by molar-refractivity contribution is 5.94. The van der Waals surface area contributed by atoms with E-state index >= 15 is 0 Å². The lowest BCUT2D eigenvalue weighted by atomic mass is 10.1. The van der Waals surface area contributed by atoms with Crippen molar-refractivity contribution >= 4 is 5.91 Å². The Morgan fingerprint density at radius 2 is 2.00 bits per heavy atom. The van der Waals surface area contributed by atoms with E-state index in [1.54, 1.807) is 18.5 Å². The van der Waals surface area contributed by atoms with Crippen molar-refractivity contribution in [2.75, 3.05) is 13.1 Å². The molecule has 3 aromatic heterocycles. The first-order valence-electron chi connectivity index (χ1n) is 7.86. The molecular formula is C17H17N5O2. The number of hydrogen-bond acceptors (Lipinski definition) is 3. The van der Waals surface area contributed by atoms with Crippen LogP contribution in [-0.4, -0.2) is 43.6 Å². The van der Waals surface area contributed by atoms with Crippen LogP contribution >= 0.6 is 0 Å². The fourth-order valence-electron chi connectivity index (χ4n) is 3.14. The van der Waals surface area contributed by atoms with Gasteiger partial charge in [0.25, 0.3) is 11.5 Å². The highest BCUT2D eigenvalue weighted by atomic mass is 16.2. The molecule has 0 aromatic carbocycles. The third-order valence-corrected chi connectivity index (χ3v) is 4.41. The van der Waals surface area contributed by atoms with Crippen molar-refractivity contribution in [3.05, 3.63) is 70.7 Å². The number of H-pyrrole nitrogens is 2. The summed E-state index contributed by atoms with van der Waals surface area (Å²) in [5, 5.41) is 5.43. The van der Waals surface area contributed by atoms with Crippen molar-refractivity contribution in [1.82, 2.24) is 24.6 Å². The molecule has 0 radical (unpaired) electrons. The van der Waals surface area contributed by atoms with E-state index in [2.05, 4.69) is 15.2 Å². The van der Waals surface area contributed by atoms with Gasteiger partial charge >= 0.3 is 0 Å². The van der Waals surface area contributed by atoms with E-state index in [0.717, 1.165) is 17.8 Å². The highest BCUT2D eigenvalue weighted by Crippen LogP contribution is 2.26. The second-order valence-corrected chi connectivity index (χ2v) is 5.97. The maximum atomic E-state index is 12.7. The van der Waals surface area contributed by atoms with Crippen LogP contribution in [0.2, 0.25) is 0 Å². The molecule has 1 atom stereocenters. The standard InChI is InChI=1S/C17H17N5O2/c23-16-8-15(19-20-16)12-3-6-22(11-12)17(24)13-7-14(10-18-9-13)21-4-1-2-5-21/h1-2,4-5,7-10,12H,3,6,11H2,(H2,19,20,23). The zero-order chi connectivity index (χ0) is 16.5. The lowest BCUT2D eigenvalue weighted by molar-refractivity contribution is 0.0790. The number of nitrogens with one attached hydrogen (secondary N) is 2. The summed E-state index contributed by atoms with van der Waals surface area (Å²) in [6, 6.07) is 7.27. The minimum atomic E-state index is -0.140. The topological polar surface area (TPSA) is 86.8 Å². The van der Waals surface area contributed by atoms with Crippen molar-refractivity contribution in [2.45, 2.75) is 12.3 Å². The van der Waals surface area contributed by atoms with Crippen LogP contribution in [0.25, 0.3) is 5.69 Å². The zero-order valence-electron chi connectivity index (χ0n) is 13.0. The fourth-order valence-corrected chi connectivity index (χ4v) is 3.14. The summed E-state index contributed by atoms with van der Waals surface area (Å²) in [7, 11) is 0. The van der Waals surface area contributed by atoms with Crippen molar-refractivity contribution in [2.24, 2.45) is 0 Å². The summed E-state index contributed by atoms with van der Waals surface area (Å²) in [5.74, 6) is 0.130. The molecule has 7 nitrogen and oxygen atoms in total. The summed E-state index contributed by atoms with van der Waals surface area (Å²) in [4.78, 5) is 30.0. The predicted octanol–water partition coefficient (Wildman–Crippen LogP) is 1.52. The summed E-state index contributed by atoms with van der Waals surface area (Å²) >= 11 is 0. The number of carbonyl (C=O) groups excluding carboxylic acids is 1. The van der Waals surface area contributed by atoms with Crippen molar-refractivity contribution < 1.29 is 4.79 Å². The van der Waals surface area contributed by atoms with Crippen LogP contribution in [0.4, 0.5) is 0 Å². The Morgan fingerprint density at radius 1 is 1.17 bits per heavy atom. The van der Waals surface area contributed by atoms with Crippen LogP contribution in [0.1, 0.15) is 28.4 Å². The lowest BCUT2D eigenvalue weighted by Crippen LogP contribution is -2.28. The van der Waals surface area contributed by atoms with Gasteiger partial charge in [-0.3, -0.25) is 19.7 Å². The molecule has 4 heterocycles. The molecule has 1 unspecified atom stereocenters. The molecule has 1 aliphatic rings. The Bertz CT molecular complexity index is 909. The van der Waals surface area contributed by atoms with Crippen LogP contribution in [0.3, 0.4) is 0 Å². The maximum absolute atomic E-state index is 12.7. The van der Waals surface area contributed by atoms with Gasteiger partial charge in [-0.1, -0.05) is 0 Å². The van der Waals surface area contributed by atoms with Crippen LogP contribution < -0.4 is 5.56 Å². The van der Waals surface area contributed by atoms with Gasteiger partial charge in [-0.2, -0.15) is 0 Å². The number of amides is 1.